The summed E-state index contributed by atoms with van der Waals surface area (Å²) in [6, 6.07) is 5.66. The first kappa shape index (κ1) is 16.9. The van der Waals surface area contributed by atoms with Gasteiger partial charge in [-0.2, -0.15) is 0 Å². The number of benzene rings is 1. The lowest BCUT2D eigenvalue weighted by Crippen LogP contribution is -2.40. The molecule has 4 rings (SSSR count). The number of likely N-dealkylation sites (tertiary alicyclic amines) is 1. The Hall–Kier alpha value is -2.54. The van der Waals surface area contributed by atoms with Crippen molar-refractivity contribution in [2.45, 2.75) is 26.3 Å². The molecule has 1 aromatic heterocycles. The summed E-state index contributed by atoms with van der Waals surface area (Å²) in [5.74, 6) is 1.81. The van der Waals surface area contributed by atoms with Crippen molar-refractivity contribution in [2.24, 2.45) is 5.92 Å². The first-order valence-corrected chi connectivity index (χ1v) is 9.01. The SMILES string of the molecule is CC(=O)NC[C@H]1CCCN(Cc2cc3cc4c(cc3[nH]c2=O)OCO4)C1. The number of H-pyrrole nitrogens is 1. The predicted octanol–water partition coefficient (Wildman–Crippen LogP) is 1.60. The number of pyridine rings is 1. The van der Waals surface area contributed by atoms with Crippen molar-refractivity contribution in [3.63, 3.8) is 0 Å². The van der Waals surface area contributed by atoms with Crippen LogP contribution in [0.15, 0.2) is 23.0 Å². The van der Waals surface area contributed by atoms with Crippen molar-refractivity contribution in [3.05, 3.63) is 34.1 Å². The number of aromatic nitrogens is 1. The second-order valence-corrected chi connectivity index (χ2v) is 7.10. The molecule has 7 nitrogen and oxygen atoms in total. The minimum atomic E-state index is -0.0691. The quantitative estimate of drug-likeness (QED) is 0.868. The first-order valence-electron chi connectivity index (χ1n) is 9.01. The third-order valence-electron chi connectivity index (χ3n) is 5.05. The van der Waals surface area contributed by atoms with E-state index in [0.717, 1.165) is 42.4 Å². The van der Waals surface area contributed by atoms with E-state index in [0.29, 0.717) is 30.5 Å². The molecular weight excluding hydrogens is 334 g/mol. The van der Waals surface area contributed by atoms with E-state index in [2.05, 4.69) is 15.2 Å². The highest BCUT2D eigenvalue weighted by Crippen LogP contribution is 2.35. The lowest BCUT2D eigenvalue weighted by atomic mass is 9.97. The molecule has 0 saturated carbocycles. The van der Waals surface area contributed by atoms with Crippen LogP contribution in [0.3, 0.4) is 0 Å². The smallest absolute Gasteiger partial charge is 0.252 e. The van der Waals surface area contributed by atoms with Gasteiger partial charge in [-0.05, 0) is 37.4 Å². The molecule has 1 atom stereocenters. The van der Waals surface area contributed by atoms with E-state index in [9.17, 15) is 9.59 Å². The van der Waals surface area contributed by atoms with E-state index >= 15 is 0 Å². The fourth-order valence-corrected chi connectivity index (χ4v) is 3.75. The molecule has 138 valence electrons. The minimum Gasteiger partial charge on any atom is -0.454 e. The summed E-state index contributed by atoms with van der Waals surface area (Å²) in [5, 5.41) is 3.84. The third kappa shape index (κ3) is 3.53. The second kappa shape index (κ2) is 6.99. The highest BCUT2D eigenvalue weighted by Gasteiger charge is 2.21. The second-order valence-electron chi connectivity index (χ2n) is 7.10. The minimum absolute atomic E-state index is 0.00632. The van der Waals surface area contributed by atoms with E-state index in [4.69, 9.17) is 9.47 Å². The fourth-order valence-electron chi connectivity index (χ4n) is 3.75. The number of hydrogen-bond donors (Lipinski definition) is 2. The molecule has 0 bridgehead atoms. The molecule has 3 heterocycles. The van der Waals surface area contributed by atoms with Crippen LogP contribution in [0.25, 0.3) is 10.9 Å². The van der Waals surface area contributed by atoms with Crippen LogP contribution in [0.2, 0.25) is 0 Å². The molecule has 0 radical (unpaired) electrons. The van der Waals surface area contributed by atoms with E-state index in [1.54, 1.807) is 6.92 Å². The molecule has 1 amide bonds. The van der Waals surface area contributed by atoms with Crippen molar-refractivity contribution >= 4 is 16.8 Å². The topological polar surface area (TPSA) is 83.7 Å². The van der Waals surface area contributed by atoms with Gasteiger partial charge in [0.1, 0.15) is 0 Å². The highest BCUT2D eigenvalue weighted by atomic mass is 16.7. The van der Waals surface area contributed by atoms with Gasteiger partial charge in [-0.1, -0.05) is 0 Å². The van der Waals surface area contributed by atoms with Crippen LogP contribution in [0.4, 0.5) is 0 Å². The number of fused-ring (bicyclic) bond motifs is 2. The van der Waals surface area contributed by atoms with Crippen LogP contribution in [0.1, 0.15) is 25.3 Å². The Balaban J connectivity index is 1.51. The van der Waals surface area contributed by atoms with Crippen LogP contribution >= 0.6 is 0 Å². The molecule has 2 N–H and O–H groups in total. The van der Waals surface area contributed by atoms with E-state index in [-0.39, 0.29) is 18.3 Å². The van der Waals surface area contributed by atoms with Gasteiger partial charge in [0.2, 0.25) is 12.7 Å². The van der Waals surface area contributed by atoms with E-state index < -0.39 is 0 Å². The van der Waals surface area contributed by atoms with Crippen molar-refractivity contribution < 1.29 is 14.3 Å². The monoisotopic (exact) mass is 357 g/mol. The average molecular weight is 357 g/mol. The van der Waals surface area contributed by atoms with Crippen molar-refractivity contribution in [2.75, 3.05) is 26.4 Å². The largest absolute Gasteiger partial charge is 0.454 e. The van der Waals surface area contributed by atoms with Gasteiger partial charge in [-0.3, -0.25) is 14.5 Å². The molecule has 2 aromatic rings. The Bertz CT molecular complexity index is 892. The van der Waals surface area contributed by atoms with Crippen LogP contribution in [0, 0.1) is 5.92 Å². The van der Waals surface area contributed by atoms with Crippen LogP contribution in [-0.2, 0) is 11.3 Å². The maximum absolute atomic E-state index is 12.5. The van der Waals surface area contributed by atoms with Gasteiger partial charge in [-0.15, -0.1) is 0 Å². The van der Waals surface area contributed by atoms with Crippen molar-refractivity contribution in [1.82, 2.24) is 15.2 Å². The zero-order valence-corrected chi connectivity index (χ0v) is 14.8. The zero-order valence-electron chi connectivity index (χ0n) is 14.8. The maximum atomic E-state index is 12.5. The molecule has 1 fully saturated rings. The van der Waals surface area contributed by atoms with Gasteiger partial charge < -0.3 is 19.8 Å². The molecule has 0 unspecified atom stereocenters. The lowest BCUT2D eigenvalue weighted by molar-refractivity contribution is -0.119. The van der Waals surface area contributed by atoms with Gasteiger partial charge >= 0.3 is 0 Å². The van der Waals surface area contributed by atoms with Crippen LogP contribution < -0.4 is 20.3 Å². The Morgan fingerprint density at radius 2 is 2.12 bits per heavy atom. The molecule has 2 aliphatic rings. The highest BCUT2D eigenvalue weighted by molar-refractivity contribution is 5.83. The fraction of sp³-hybridized carbons (Fsp3) is 0.474. The molecule has 0 aliphatic carbocycles. The Morgan fingerprint density at radius 1 is 1.31 bits per heavy atom. The number of ether oxygens (including phenoxy) is 2. The summed E-state index contributed by atoms with van der Waals surface area (Å²) in [6.07, 6.45) is 2.18. The number of nitrogens with one attached hydrogen (secondary N) is 2. The van der Waals surface area contributed by atoms with Crippen LogP contribution in [-0.4, -0.2) is 42.2 Å². The first-order chi connectivity index (χ1) is 12.6. The number of amides is 1. The Morgan fingerprint density at radius 3 is 2.92 bits per heavy atom. The number of piperidine rings is 1. The normalized spacial score (nSPS) is 19.7. The molecule has 0 spiro atoms. The number of aromatic amines is 1. The predicted molar refractivity (Wildman–Crippen MR) is 97.4 cm³/mol. The van der Waals surface area contributed by atoms with Crippen molar-refractivity contribution in [1.29, 1.82) is 0 Å². The number of rotatable bonds is 4. The summed E-state index contributed by atoms with van der Waals surface area (Å²) in [7, 11) is 0. The summed E-state index contributed by atoms with van der Waals surface area (Å²) in [4.78, 5) is 28.9. The number of carbonyl (C=O) groups excluding carboxylic acids is 1. The lowest BCUT2D eigenvalue weighted by Gasteiger charge is -2.32. The Kier molecular flexibility index (Phi) is 4.55. The van der Waals surface area contributed by atoms with Gasteiger partial charge in [0.05, 0.1) is 5.52 Å². The zero-order chi connectivity index (χ0) is 18.1. The van der Waals surface area contributed by atoms with Gasteiger partial charge in [-0.25, -0.2) is 0 Å². The molecule has 1 aromatic carbocycles. The summed E-state index contributed by atoms with van der Waals surface area (Å²) in [5.41, 5.74) is 1.43. The molecule has 1 saturated heterocycles. The molecular formula is C19H23N3O4. The van der Waals surface area contributed by atoms with Gasteiger partial charge in [0.15, 0.2) is 11.5 Å². The molecule has 2 aliphatic heterocycles. The summed E-state index contributed by atoms with van der Waals surface area (Å²) >= 11 is 0. The van der Waals surface area contributed by atoms with Gasteiger partial charge in [0, 0.05) is 43.6 Å². The maximum Gasteiger partial charge on any atom is 0.252 e. The Labute approximate surface area is 151 Å². The number of hydrogen-bond acceptors (Lipinski definition) is 5. The van der Waals surface area contributed by atoms with Gasteiger partial charge in [0.25, 0.3) is 5.56 Å². The number of nitrogens with zero attached hydrogens (tertiary/aromatic N) is 1. The third-order valence-corrected chi connectivity index (χ3v) is 5.05. The summed E-state index contributed by atoms with van der Waals surface area (Å²) < 4.78 is 10.8. The van der Waals surface area contributed by atoms with Crippen molar-refractivity contribution in [3.8, 4) is 11.5 Å². The number of carbonyl (C=O) groups is 1. The van der Waals surface area contributed by atoms with E-state index in [1.807, 2.05) is 18.2 Å². The van der Waals surface area contributed by atoms with Crippen LogP contribution in [0.5, 0.6) is 11.5 Å². The van der Waals surface area contributed by atoms with E-state index in [1.165, 1.54) is 0 Å². The molecule has 7 heteroatoms. The summed E-state index contributed by atoms with van der Waals surface area (Å²) in [6.45, 7) is 4.92. The standard InChI is InChI=1S/C19H23N3O4/c1-12(23)20-8-13-3-2-4-22(9-13)10-15-5-14-6-17-18(26-11-25-17)7-16(14)21-19(15)24/h5-7,13H,2-4,8-11H2,1H3,(H,20,23)(H,21,24)/t13-/m1/s1. The molecule has 26 heavy (non-hydrogen) atoms. The average Bonchev–Trinajstić information content (AvgIpc) is 3.06.